The van der Waals surface area contributed by atoms with Crippen molar-refractivity contribution in [2.75, 3.05) is 0 Å². The maximum Gasteiger partial charge on any atom is -0.0381 e. The molecule has 420 valence electrons. The van der Waals surface area contributed by atoms with Crippen LogP contribution in [0.15, 0.2) is 91.0 Å². The Morgan fingerprint density at radius 2 is 0.605 bits per heavy atom. The Labute approximate surface area is 471 Å². The zero-order valence-electron chi connectivity index (χ0n) is 51.8. The van der Waals surface area contributed by atoms with Crippen LogP contribution < -0.4 is 0 Å². The maximum atomic E-state index is 2.51. The van der Waals surface area contributed by atoms with Gasteiger partial charge in [-0.3, -0.25) is 0 Å². The predicted octanol–water partition coefficient (Wildman–Crippen LogP) is 22.4. The molecule has 18 rings (SSSR count). The van der Waals surface area contributed by atoms with Crippen molar-refractivity contribution < 1.29 is 0 Å². The molecule has 0 saturated heterocycles. The van der Waals surface area contributed by atoms with E-state index in [9.17, 15) is 0 Å². The van der Waals surface area contributed by atoms with Gasteiger partial charge in [0.2, 0.25) is 0 Å². The normalized spacial score (nSPS) is 35.1. The molecule has 4 aromatic rings. The number of rotatable bonds is 0. The van der Waals surface area contributed by atoms with E-state index < -0.39 is 0 Å². The summed E-state index contributed by atoms with van der Waals surface area (Å²) in [6.07, 6.45) is 32.8. The molecule has 0 aliphatic heterocycles. The molecule has 0 aromatic heterocycles. The van der Waals surface area contributed by atoms with Crippen molar-refractivity contribution in [1.82, 2.24) is 0 Å². The third-order valence-electron chi connectivity index (χ3n) is 23.2. The summed E-state index contributed by atoms with van der Waals surface area (Å²) in [4.78, 5) is 0. The second-order valence-corrected chi connectivity index (χ2v) is 28.6. The molecule has 6 atom stereocenters. The van der Waals surface area contributed by atoms with Crippen LogP contribution in [-0.2, 0) is 0 Å². The largest absolute Gasteiger partial charge is 0.0622 e. The van der Waals surface area contributed by atoms with Crippen molar-refractivity contribution in [2.45, 2.75) is 232 Å². The third kappa shape index (κ3) is 17.7. The molecular weight excluding hydrogens is 913 g/mol. The summed E-state index contributed by atoms with van der Waals surface area (Å²) < 4.78 is 0. The van der Waals surface area contributed by atoms with Crippen LogP contribution in [0, 0.1) is 163 Å². The Morgan fingerprint density at radius 3 is 0.868 bits per heavy atom. The lowest BCUT2D eigenvalue weighted by atomic mass is 9.52. The molecular formula is C76H116. The molecule has 0 heteroatoms. The van der Waals surface area contributed by atoms with E-state index in [-0.39, 0.29) is 0 Å². The first-order valence-electron chi connectivity index (χ1n) is 32.5. The Hall–Kier alpha value is -3.12. The zero-order valence-corrected chi connectivity index (χ0v) is 51.8. The first-order chi connectivity index (χ1) is 36.4. The number of fused-ring (bicyclic) bond motifs is 8. The second kappa shape index (κ2) is 29.4. The van der Waals surface area contributed by atoms with Crippen molar-refractivity contribution >= 4 is 0 Å². The number of hydrogen-bond acceptors (Lipinski definition) is 0. The van der Waals surface area contributed by atoms with E-state index in [0.717, 1.165) is 101 Å². The van der Waals surface area contributed by atoms with Crippen LogP contribution in [-0.4, -0.2) is 0 Å². The first kappa shape index (κ1) is 60.5. The van der Waals surface area contributed by atoms with Crippen molar-refractivity contribution in [3.63, 3.8) is 0 Å². The molecule has 14 aliphatic rings. The van der Waals surface area contributed by atoms with Crippen LogP contribution in [0.4, 0.5) is 0 Å². The third-order valence-corrected chi connectivity index (χ3v) is 23.2. The fourth-order valence-electron chi connectivity index (χ4n) is 17.3. The van der Waals surface area contributed by atoms with Gasteiger partial charge in [0.1, 0.15) is 0 Å². The van der Waals surface area contributed by atoms with Crippen LogP contribution in [0.1, 0.15) is 220 Å². The van der Waals surface area contributed by atoms with Gasteiger partial charge in [0.15, 0.2) is 0 Å². The molecule has 0 radical (unpaired) electrons. The lowest BCUT2D eigenvalue weighted by Crippen LogP contribution is -2.43. The van der Waals surface area contributed by atoms with Crippen LogP contribution in [0.3, 0.4) is 0 Å². The average Bonchev–Trinajstić information content (AvgIpc) is 4.32. The molecule has 0 amide bonds. The van der Waals surface area contributed by atoms with E-state index in [1.54, 1.807) is 135 Å². The van der Waals surface area contributed by atoms with Gasteiger partial charge in [-0.1, -0.05) is 167 Å². The summed E-state index contributed by atoms with van der Waals surface area (Å²) in [5, 5.41) is 0. The van der Waals surface area contributed by atoms with Gasteiger partial charge in [-0.2, -0.15) is 0 Å². The Morgan fingerprint density at radius 1 is 0.250 bits per heavy atom. The van der Waals surface area contributed by atoms with E-state index >= 15 is 0 Å². The van der Waals surface area contributed by atoms with E-state index in [1.165, 1.54) is 50.1 Å². The van der Waals surface area contributed by atoms with Gasteiger partial charge in [-0.25, -0.2) is 0 Å². The summed E-state index contributed by atoms with van der Waals surface area (Å²) in [7, 11) is 0. The molecule has 76 heavy (non-hydrogen) atoms. The van der Waals surface area contributed by atoms with Gasteiger partial charge in [0.05, 0.1) is 0 Å². The Bertz CT molecular complexity index is 2140. The smallest absolute Gasteiger partial charge is 0.0381 e. The van der Waals surface area contributed by atoms with Crippen molar-refractivity contribution in [1.29, 1.82) is 0 Å². The van der Waals surface area contributed by atoms with Gasteiger partial charge >= 0.3 is 0 Å². The topological polar surface area (TPSA) is 0 Å². The Kier molecular flexibility index (Phi) is 23.4. The van der Waals surface area contributed by atoms with Crippen molar-refractivity contribution in [3.05, 3.63) is 141 Å². The molecule has 14 saturated carbocycles. The van der Waals surface area contributed by atoms with E-state index in [1.807, 2.05) is 0 Å². The molecule has 0 heterocycles. The summed E-state index contributed by atoms with van der Waals surface area (Å²) >= 11 is 0. The average molecular weight is 1030 g/mol. The van der Waals surface area contributed by atoms with Gasteiger partial charge < -0.3 is 0 Å². The molecule has 4 aromatic carbocycles. The van der Waals surface area contributed by atoms with E-state index in [0.29, 0.717) is 0 Å². The minimum Gasteiger partial charge on any atom is -0.0622 e. The van der Waals surface area contributed by atoms with E-state index in [2.05, 4.69) is 188 Å². The summed E-state index contributed by atoms with van der Waals surface area (Å²) in [5.74, 6) is 19.2. The van der Waals surface area contributed by atoms with Crippen molar-refractivity contribution in [3.8, 4) is 0 Å². The highest BCUT2D eigenvalue weighted by Gasteiger charge is 2.46. The van der Waals surface area contributed by atoms with Crippen LogP contribution >= 0.6 is 0 Å². The molecule has 14 fully saturated rings. The summed E-state index contributed by atoms with van der Waals surface area (Å²) in [6.45, 7) is 31.3. The quantitative estimate of drug-likeness (QED) is 0.165. The van der Waals surface area contributed by atoms with Crippen LogP contribution in [0.2, 0.25) is 0 Å². The second-order valence-electron chi connectivity index (χ2n) is 28.6. The molecule has 12 bridgehead atoms. The fraction of sp³-hybridized carbons (Fsp3) is 0.684. The predicted molar refractivity (Wildman–Crippen MR) is 333 cm³/mol. The summed E-state index contributed by atoms with van der Waals surface area (Å²) in [5.41, 5.74) is 12.3. The number of benzene rings is 4. The van der Waals surface area contributed by atoms with Gasteiger partial charge in [0.25, 0.3) is 0 Å². The van der Waals surface area contributed by atoms with Gasteiger partial charge in [-0.15, -0.1) is 0 Å². The highest BCUT2D eigenvalue weighted by Crippen LogP contribution is 2.56. The minimum absolute atomic E-state index is 1.07. The standard InChI is InChI=1S/C11H18.C9H16.C9H12.2C8H14.3C8H10.C7H12/c1-7-10-3-8-2-9(5-10)6-11(7)4-8;1-7-6-8-2-4-9(7)5-3-8;1-7-5-4-6-8(2)9(7)3;1-6-4-7-2-3-8(6)5-7;1-6-7-2-3-8(6)5-4-7;1-7-3-5-8(2)6-4-7;1-7-4-3-5-8(2)6-7;1-7-5-3-4-6-8(7)2;1-5-6-2-3-7(5)4-6/h7-11H,2-6H2,1H3;7-9H,2-6H2,1H3;4-6H,1-3H3;2*6-8H,2-5H2,1H3;3*3-6H,1-2H3;5-7H,2-4H2,1H3. The maximum absolute atomic E-state index is 2.51. The van der Waals surface area contributed by atoms with Gasteiger partial charge in [-0.05, 0) is 306 Å². The molecule has 0 spiro atoms. The monoisotopic (exact) mass is 1030 g/mol. The Balaban J connectivity index is 0.000000125. The number of hydrogen-bond donors (Lipinski definition) is 0. The minimum atomic E-state index is 1.07. The highest BCUT2D eigenvalue weighted by molar-refractivity contribution is 5.31. The van der Waals surface area contributed by atoms with Crippen LogP contribution in [0.5, 0.6) is 0 Å². The zero-order chi connectivity index (χ0) is 54.5. The van der Waals surface area contributed by atoms with Gasteiger partial charge in [0, 0.05) is 0 Å². The van der Waals surface area contributed by atoms with Crippen LogP contribution in [0.25, 0.3) is 0 Å². The fourth-order valence-corrected chi connectivity index (χ4v) is 17.3. The molecule has 0 N–H and O–H groups in total. The summed E-state index contributed by atoms with van der Waals surface area (Å²) in [6, 6.07) is 31.7. The highest BCUT2D eigenvalue weighted by atomic mass is 14.5. The molecule has 0 nitrogen and oxygen atoms in total. The lowest BCUT2D eigenvalue weighted by Gasteiger charge is -2.53. The first-order valence-corrected chi connectivity index (χ1v) is 32.5. The number of aryl methyl sites for hydroxylation is 8. The van der Waals surface area contributed by atoms with E-state index in [4.69, 9.17) is 0 Å². The van der Waals surface area contributed by atoms with Crippen molar-refractivity contribution in [2.24, 2.45) is 101 Å². The SMILES string of the molecule is CC1C2CC3CC(C2)CC1C3.CC1C2CCC1C2.CC1C2CCC1CC2.CC1CC2CCC1C2.CC1CC2CCC1CC2.Cc1ccc(C)cc1.Cc1cccc(C)c1.Cc1cccc(C)c1C.Cc1ccccc1C. The molecule has 14 aliphatic carbocycles. The molecule has 6 unspecified atom stereocenters. The lowest BCUT2D eigenvalue weighted by molar-refractivity contribution is -0.0282.